The summed E-state index contributed by atoms with van der Waals surface area (Å²) >= 11 is 1.58. The van der Waals surface area contributed by atoms with Crippen molar-refractivity contribution < 1.29 is 17.6 Å². The number of amides is 1. The summed E-state index contributed by atoms with van der Waals surface area (Å²) in [6.07, 6.45) is 2.60. The molecule has 1 aromatic carbocycles. The fourth-order valence-corrected chi connectivity index (χ4v) is 6.75. The Morgan fingerprint density at radius 2 is 1.88 bits per heavy atom. The Bertz CT molecular complexity index is 1090. The van der Waals surface area contributed by atoms with Gasteiger partial charge >= 0.3 is 0 Å². The monoisotopic (exact) mass is 472 g/mol. The number of sulfonamides is 1. The number of carbonyl (C=O) groups is 1. The molecule has 2 unspecified atom stereocenters. The van der Waals surface area contributed by atoms with E-state index >= 15 is 0 Å². The summed E-state index contributed by atoms with van der Waals surface area (Å²) in [4.78, 5) is 16.3. The fraction of sp³-hybridized carbons (Fsp3) is 0.375. The zero-order valence-corrected chi connectivity index (χ0v) is 19.9. The van der Waals surface area contributed by atoms with Gasteiger partial charge in [-0.2, -0.15) is 4.31 Å². The zero-order valence-electron chi connectivity index (χ0n) is 18.3. The molecule has 0 aliphatic carbocycles. The number of nitrogens with zero attached hydrogens (tertiary/aromatic N) is 2. The second-order valence-corrected chi connectivity index (χ2v) is 11.6. The number of piperidine rings is 1. The van der Waals surface area contributed by atoms with Crippen molar-refractivity contribution in [2.45, 2.75) is 38.3 Å². The van der Waals surface area contributed by atoms with Crippen LogP contribution in [0.5, 0.6) is 0 Å². The molecule has 0 saturated carbocycles. The van der Waals surface area contributed by atoms with Gasteiger partial charge in [-0.1, -0.05) is 26.0 Å². The Labute approximate surface area is 193 Å². The Morgan fingerprint density at radius 1 is 1.09 bits per heavy atom. The van der Waals surface area contributed by atoms with Crippen molar-refractivity contribution in [3.05, 3.63) is 76.4 Å². The Balaban J connectivity index is 1.60. The number of hydrogen-bond donors (Lipinski definition) is 0. The van der Waals surface area contributed by atoms with Gasteiger partial charge in [0.1, 0.15) is 5.76 Å². The third-order valence-electron chi connectivity index (χ3n) is 5.69. The van der Waals surface area contributed by atoms with Gasteiger partial charge in [-0.25, -0.2) is 8.42 Å². The molecule has 3 heterocycles. The molecule has 3 aromatic rings. The largest absolute Gasteiger partial charge is 0.467 e. The number of benzene rings is 1. The van der Waals surface area contributed by atoms with Crippen LogP contribution in [-0.4, -0.2) is 36.6 Å². The van der Waals surface area contributed by atoms with E-state index in [1.165, 1.54) is 6.07 Å². The summed E-state index contributed by atoms with van der Waals surface area (Å²) in [7, 11) is -3.66. The van der Waals surface area contributed by atoms with E-state index in [-0.39, 0.29) is 10.8 Å². The molecule has 2 atom stereocenters. The summed E-state index contributed by atoms with van der Waals surface area (Å²) in [5.41, 5.74) is 0.354. The molecule has 4 rings (SSSR count). The maximum Gasteiger partial charge on any atom is 0.254 e. The topological polar surface area (TPSA) is 70.8 Å². The maximum absolute atomic E-state index is 13.4. The fourth-order valence-electron chi connectivity index (χ4n) is 4.30. The average Bonchev–Trinajstić information content (AvgIpc) is 3.46. The van der Waals surface area contributed by atoms with Crippen molar-refractivity contribution in [3.63, 3.8) is 0 Å². The molecule has 1 aliphatic heterocycles. The van der Waals surface area contributed by atoms with E-state index in [1.54, 1.807) is 51.1 Å². The van der Waals surface area contributed by atoms with Gasteiger partial charge in [-0.05, 0) is 60.0 Å². The van der Waals surface area contributed by atoms with Crippen molar-refractivity contribution in [1.29, 1.82) is 0 Å². The van der Waals surface area contributed by atoms with Gasteiger partial charge in [-0.15, -0.1) is 11.3 Å². The molecular formula is C24H28N2O4S2. The lowest BCUT2D eigenvalue weighted by atomic mass is 9.94. The normalized spacial score (nSPS) is 19.7. The van der Waals surface area contributed by atoms with Gasteiger partial charge in [0.05, 0.1) is 24.2 Å². The van der Waals surface area contributed by atoms with Crippen molar-refractivity contribution in [3.8, 4) is 0 Å². The highest BCUT2D eigenvalue weighted by atomic mass is 32.2. The summed E-state index contributed by atoms with van der Waals surface area (Å²) in [6.45, 7) is 5.91. The number of carbonyl (C=O) groups excluding carboxylic acids is 1. The minimum atomic E-state index is -3.66. The molecule has 0 N–H and O–H groups in total. The average molecular weight is 473 g/mol. The van der Waals surface area contributed by atoms with Crippen LogP contribution in [0.1, 0.15) is 41.3 Å². The molecule has 0 bridgehead atoms. The van der Waals surface area contributed by atoms with E-state index in [0.717, 1.165) is 11.3 Å². The summed E-state index contributed by atoms with van der Waals surface area (Å²) in [5, 5.41) is 1.97. The number of rotatable bonds is 7. The lowest BCUT2D eigenvalue weighted by Crippen LogP contribution is -2.42. The smallest absolute Gasteiger partial charge is 0.254 e. The number of thiophene rings is 1. The molecule has 6 nitrogen and oxygen atoms in total. The highest BCUT2D eigenvalue weighted by Gasteiger charge is 2.32. The van der Waals surface area contributed by atoms with Crippen LogP contribution in [0, 0.1) is 11.8 Å². The van der Waals surface area contributed by atoms with Crippen molar-refractivity contribution in [2.24, 2.45) is 11.8 Å². The van der Waals surface area contributed by atoms with Crippen molar-refractivity contribution in [1.82, 2.24) is 9.21 Å². The Kier molecular flexibility index (Phi) is 6.83. The third-order valence-corrected chi connectivity index (χ3v) is 8.38. The van der Waals surface area contributed by atoms with Crippen LogP contribution >= 0.6 is 11.3 Å². The van der Waals surface area contributed by atoms with Crippen LogP contribution in [-0.2, 0) is 23.1 Å². The quantitative estimate of drug-likeness (QED) is 0.493. The molecule has 0 radical (unpaired) electrons. The highest BCUT2D eigenvalue weighted by Crippen LogP contribution is 2.27. The van der Waals surface area contributed by atoms with Crippen LogP contribution in [0.3, 0.4) is 0 Å². The molecular weight excluding hydrogens is 444 g/mol. The Morgan fingerprint density at radius 3 is 2.53 bits per heavy atom. The van der Waals surface area contributed by atoms with Gasteiger partial charge in [0, 0.05) is 23.5 Å². The molecule has 32 heavy (non-hydrogen) atoms. The molecule has 0 spiro atoms. The van der Waals surface area contributed by atoms with E-state index in [4.69, 9.17) is 4.42 Å². The molecule has 1 fully saturated rings. The predicted molar refractivity (Wildman–Crippen MR) is 125 cm³/mol. The van der Waals surface area contributed by atoms with E-state index in [9.17, 15) is 13.2 Å². The molecule has 2 aromatic heterocycles. The Hall–Kier alpha value is -2.42. The van der Waals surface area contributed by atoms with E-state index < -0.39 is 10.0 Å². The predicted octanol–water partition coefficient (Wildman–Crippen LogP) is 4.85. The van der Waals surface area contributed by atoms with Gasteiger partial charge < -0.3 is 9.32 Å². The van der Waals surface area contributed by atoms with Crippen LogP contribution in [0.15, 0.2) is 69.5 Å². The first-order valence-electron chi connectivity index (χ1n) is 10.8. The van der Waals surface area contributed by atoms with E-state index in [0.29, 0.717) is 49.3 Å². The minimum absolute atomic E-state index is 0.165. The van der Waals surface area contributed by atoms with E-state index in [2.05, 4.69) is 13.8 Å². The highest BCUT2D eigenvalue weighted by molar-refractivity contribution is 7.89. The van der Waals surface area contributed by atoms with Crippen molar-refractivity contribution >= 4 is 27.3 Å². The minimum Gasteiger partial charge on any atom is -0.467 e. The second-order valence-electron chi connectivity index (χ2n) is 8.62. The number of hydrogen-bond acceptors (Lipinski definition) is 5. The van der Waals surface area contributed by atoms with E-state index in [1.807, 2.05) is 23.6 Å². The van der Waals surface area contributed by atoms with Crippen LogP contribution < -0.4 is 0 Å². The van der Waals surface area contributed by atoms with Crippen LogP contribution in [0.2, 0.25) is 0 Å². The lowest BCUT2D eigenvalue weighted by molar-refractivity contribution is 0.0719. The summed E-state index contributed by atoms with van der Waals surface area (Å²) in [6, 6.07) is 13.9. The zero-order chi connectivity index (χ0) is 22.7. The summed E-state index contributed by atoms with van der Waals surface area (Å²) in [5.74, 6) is 1.07. The molecule has 8 heteroatoms. The van der Waals surface area contributed by atoms with Crippen LogP contribution in [0.4, 0.5) is 0 Å². The first-order chi connectivity index (χ1) is 15.3. The van der Waals surface area contributed by atoms with Gasteiger partial charge in [-0.3, -0.25) is 4.79 Å². The standard InChI is InChI=1S/C24H28N2O4S2/c1-18-12-19(2)15-26(14-18)32(28,29)23-9-3-6-20(13-23)24(27)25(16-21-7-4-10-30-21)17-22-8-5-11-31-22/h3-11,13,18-19H,12,14-17H2,1-2H3. The van der Waals surface area contributed by atoms with Crippen molar-refractivity contribution in [2.75, 3.05) is 13.1 Å². The molecule has 1 amide bonds. The maximum atomic E-state index is 13.4. The van der Waals surface area contributed by atoms with Gasteiger partial charge in [0.25, 0.3) is 5.91 Å². The summed E-state index contributed by atoms with van der Waals surface area (Å²) < 4.78 is 33.7. The second kappa shape index (κ2) is 9.60. The number of furan rings is 1. The molecule has 170 valence electrons. The molecule has 1 aliphatic rings. The van der Waals surface area contributed by atoms with Crippen LogP contribution in [0.25, 0.3) is 0 Å². The molecule has 1 saturated heterocycles. The SMILES string of the molecule is CC1CC(C)CN(S(=O)(=O)c2cccc(C(=O)N(Cc3ccco3)Cc3cccs3)c2)C1. The van der Waals surface area contributed by atoms with Gasteiger partial charge in [0.15, 0.2) is 0 Å². The first kappa shape index (κ1) is 22.8. The third kappa shape index (κ3) is 5.14. The first-order valence-corrected chi connectivity index (χ1v) is 13.1. The van der Waals surface area contributed by atoms with Gasteiger partial charge in [0.2, 0.25) is 10.0 Å². The lowest BCUT2D eigenvalue weighted by Gasteiger charge is -2.34.